The van der Waals surface area contributed by atoms with E-state index < -0.39 is 5.97 Å². The Kier molecular flexibility index (Phi) is 5.66. The lowest BCUT2D eigenvalue weighted by Gasteiger charge is -2.14. The summed E-state index contributed by atoms with van der Waals surface area (Å²) in [5, 5.41) is 3.18. The number of rotatable bonds is 6. The van der Waals surface area contributed by atoms with E-state index in [4.69, 9.17) is 9.47 Å². The van der Waals surface area contributed by atoms with Crippen molar-refractivity contribution in [3.05, 3.63) is 65.9 Å². The van der Waals surface area contributed by atoms with Crippen molar-refractivity contribution in [2.24, 2.45) is 0 Å². The first kappa shape index (κ1) is 18.4. The molecule has 0 aliphatic carbocycles. The summed E-state index contributed by atoms with van der Waals surface area (Å²) in [6.07, 6.45) is 1.48. The molecule has 2 aromatic carbocycles. The molecule has 0 saturated carbocycles. The molecular weight excluding hydrogens is 342 g/mol. The zero-order valence-electron chi connectivity index (χ0n) is 15.5. The molecule has 1 N–H and O–H groups in total. The standard InChI is InChI=1S/C21H21N3O3/c1-4-27-21(25)16-13-22-19(15-11-9-14(2)10-12-15)24-20(16)23-17-7-5-6-8-18(17)26-3/h5-13H,4H2,1-3H3,(H,22,23,24). The highest BCUT2D eigenvalue weighted by Gasteiger charge is 2.18. The van der Waals surface area contributed by atoms with Crippen LogP contribution in [0.5, 0.6) is 5.75 Å². The lowest BCUT2D eigenvalue weighted by molar-refractivity contribution is 0.0526. The molecule has 0 aliphatic heterocycles. The smallest absolute Gasteiger partial charge is 0.343 e. The molecule has 138 valence electrons. The molecule has 0 radical (unpaired) electrons. The van der Waals surface area contributed by atoms with Gasteiger partial charge in [-0.15, -0.1) is 0 Å². The third kappa shape index (κ3) is 4.23. The molecule has 0 bridgehead atoms. The first-order valence-corrected chi connectivity index (χ1v) is 8.63. The van der Waals surface area contributed by atoms with Crippen molar-refractivity contribution >= 4 is 17.5 Å². The van der Waals surface area contributed by atoms with E-state index in [1.54, 1.807) is 14.0 Å². The Morgan fingerprint density at radius 3 is 2.56 bits per heavy atom. The molecule has 3 rings (SSSR count). The SMILES string of the molecule is CCOC(=O)c1cnc(-c2ccc(C)cc2)nc1Nc1ccccc1OC. The number of anilines is 2. The third-order valence-corrected chi connectivity index (χ3v) is 3.95. The summed E-state index contributed by atoms with van der Waals surface area (Å²) in [7, 11) is 1.59. The van der Waals surface area contributed by atoms with Gasteiger partial charge in [0.05, 0.1) is 19.4 Å². The number of para-hydroxylation sites is 2. The summed E-state index contributed by atoms with van der Waals surface area (Å²) in [6, 6.07) is 15.3. The summed E-state index contributed by atoms with van der Waals surface area (Å²) in [4.78, 5) is 21.2. The lowest BCUT2D eigenvalue weighted by Crippen LogP contribution is -2.11. The third-order valence-electron chi connectivity index (χ3n) is 3.95. The summed E-state index contributed by atoms with van der Waals surface area (Å²) >= 11 is 0. The molecule has 1 heterocycles. The molecule has 0 fully saturated rings. The summed E-state index contributed by atoms with van der Waals surface area (Å²) < 4.78 is 10.5. The van der Waals surface area contributed by atoms with Crippen LogP contribution in [0.2, 0.25) is 0 Å². The minimum Gasteiger partial charge on any atom is -0.495 e. The molecule has 6 heteroatoms. The maximum atomic E-state index is 12.3. The van der Waals surface area contributed by atoms with Gasteiger partial charge in [-0.3, -0.25) is 0 Å². The van der Waals surface area contributed by atoms with Crippen LogP contribution in [-0.4, -0.2) is 29.7 Å². The van der Waals surface area contributed by atoms with E-state index in [0.29, 0.717) is 23.1 Å². The number of methoxy groups -OCH3 is 1. The van der Waals surface area contributed by atoms with E-state index in [1.165, 1.54) is 6.20 Å². The number of carbonyl (C=O) groups excluding carboxylic acids is 1. The highest BCUT2D eigenvalue weighted by atomic mass is 16.5. The summed E-state index contributed by atoms with van der Waals surface area (Å²) in [6.45, 7) is 4.04. The van der Waals surface area contributed by atoms with Crippen LogP contribution in [-0.2, 0) is 4.74 Å². The van der Waals surface area contributed by atoms with Gasteiger partial charge >= 0.3 is 5.97 Å². The zero-order valence-corrected chi connectivity index (χ0v) is 15.5. The van der Waals surface area contributed by atoms with Gasteiger partial charge in [0.2, 0.25) is 0 Å². The second-order valence-electron chi connectivity index (χ2n) is 5.87. The number of benzene rings is 2. The molecule has 0 spiro atoms. The predicted molar refractivity (Wildman–Crippen MR) is 104 cm³/mol. The Morgan fingerprint density at radius 1 is 1.11 bits per heavy atom. The first-order valence-electron chi connectivity index (χ1n) is 8.63. The second kappa shape index (κ2) is 8.31. The van der Waals surface area contributed by atoms with Crippen molar-refractivity contribution in [2.45, 2.75) is 13.8 Å². The number of hydrogen-bond donors (Lipinski definition) is 1. The molecule has 6 nitrogen and oxygen atoms in total. The van der Waals surface area contributed by atoms with E-state index in [1.807, 2.05) is 55.5 Å². The van der Waals surface area contributed by atoms with Crippen LogP contribution in [0.15, 0.2) is 54.7 Å². The van der Waals surface area contributed by atoms with Gasteiger partial charge in [0.1, 0.15) is 17.1 Å². The van der Waals surface area contributed by atoms with Crippen LogP contribution in [0.4, 0.5) is 11.5 Å². The fraction of sp³-hybridized carbons (Fsp3) is 0.190. The fourth-order valence-electron chi connectivity index (χ4n) is 2.55. The first-order chi connectivity index (χ1) is 13.1. The Hall–Kier alpha value is -3.41. The van der Waals surface area contributed by atoms with Crippen LogP contribution in [0, 0.1) is 6.92 Å². The largest absolute Gasteiger partial charge is 0.495 e. The second-order valence-corrected chi connectivity index (χ2v) is 5.87. The normalized spacial score (nSPS) is 10.3. The van der Waals surface area contributed by atoms with E-state index in [0.717, 1.165) is 11.1 Å². The molecule has 27 heavy (non-hydrogen) atoms. The maximum absolute atomic E-state index is 12.3. The van der Waals surface area contributed by atoms with E-state index in [2.05, 4.69) is 15.3 Å². The Labute approximate surface area is 158 Å². The van der Waals surface area contributed by atoms with Crippen molar-refractivity contribution in [2.75, 3.05) is 19.0 Å². The van der Waals surface area contributed by atoms with Crippen molar-refractivity contribution < 1.29 is 14.3 Å². The van der Waals surface area contributed by atoms with Gasteiger partial charge in [0, 0.05) is 11.8 Å². The number of aromatic nitrogens is 2. The Bertz CT molecular complexity index is 940. The van der Waals surface area contributed by atoms with Gasteiger partial charge in [0.15, 0.2) is 5.82 Å². The summed E-state index contributed by atoms with van der Waals surface area (Å²) in [5.74, 6) is 1.04. The minimum absolute atomic E-state index is 0.263. The van der Waals surface area contributed by atoms with Crippen LogP contribution in [0.25, 0.3) is 11.4 Å². The number of hydrogen-bond acceptors (Lipinski definition) is 6. The van der Waals surface area contributed by atoms with Crippen molar-refractivity contribution in [1.29, 1.82) is 0 Å². The molecule has 0 aliphatic rings. The molecule has 0 amide bonds. The average molecular weight is 363 g/mol. The number of nitrogens with one attached hydrogen (secondary N) is 1. The molecule has 3 aromatic rings. The minimum atomic E-state index is -0.481. The topological polar surface area (TPSA) is 73.3 Å². The van der Waals surface area contributed by atoms with Crippen LogP contribution >= 0.6 is 0 Å². The number of nitrogens with zero attached hydrogens (tertiary/aromatic N) is 2. The van der Waals surface area contributed by atoms with Crippen molar-refractivity contribution in [3.63, 3.8) is 0 Å². The van der Waals surface area contributed by atoms with Gasteiger partial charge in [-0.25, -0.2) is 14.8 Å². The zero-order chi connectivity index (χ0) is 19.2. The monoisotopic (exact) mass is 363 g/mol. The average Bonchev–Trinajstić information content (AvgIpc) is 2.69. The van der Waals surface area contributed by atoms with E-state index in [-0.39, 0.29) is 12.2 Å². The maximum Gasteiger partial charge on any atom is 0.343 e. The Morgan fingerprint density at radius 2 is 1.85 bits per heavy atom. The highest BCUT2D eigenvalue weighted by molar-refractivity contribution is 5.95. The van der Waals surface area contributed by atoms with Gasteiger partial charge in [-0.2, -0.15) is 0 Å². The van der Waals surface area contributed by atoms with E-state index >= 15 is 0 Å². The number of carbonyl (C=O) groups is 1. The van der Waals surface area contributed by atoms with Gasteiger partial charge < -0.3 is 14.8 Å². The molecule has 0 saturated heterocycles. The molecule has 0 unspecified atom stereocenters. The lowest BCUT2D eigenvalue weighted by atomic mass is 10.1. The summed E-state index contributed by atoms with van der Waals surface area (Å²) in [5.41, 5.74) is 2.96. The number of ether oxygens (including phenoxy) is 2. The Balaban J connectivity index is 2.05. The number of esters is 1. The van der Waals surface area contributed by atoms with Crippen LogP contribution in [0.1, 0.15) is 22.8 Å². The highest BCUT2D eigenvalue weighted by Crippen LogP contribution is 2.29. The number of aryl methyl sites for hydroxylation is 1. The van der Waals surface area contributed by atoms with E-state index in [9.17, 15) is 4.79 Å². The van der Waals surface area contributed by atoms with Crippen LogP contribution in [0.3, 0.4) is 0 Å². The van der Waals surface area contributed by atoms with Crippen molar-refractivity contribution in [3.8, 4) is 17.1 Å². The molecular formula is C21H21N3O3. The van der Waals surface area contributed by atoms with Crippen molar-refractivity contribution in [1.82, 2.24) is 9.97 Å². The van der Waals surface area contributed by atoms with Gasteiger partial charge in [-0.1, -0.05) is 42.0 Å². The predicted octanol–water partition coefficient (Wildman–Crippen LogP) is 4.38. The van der Waals surface area contributed by atoms with Gasteiger partial charge in [0.25, 0.3) is 0 Å². The molecule has 0 atom stereocenters. The fourth-order valence-corrected chi connectivity index (χ4v) is 2.55. The molecule has 1 aromatic heterocycles. The van der Waals surface area contributed by atoms with Gasteiger partial charge in [-0.05, 0) is 26.0 Å². The quantitative estimate of drug-likeness (QED) is 0.655. The van der Waals surface area contributed by atoms with Crippen LogP contribution < -0.4 is 10.1 Å².